The van der Waals surface area contributed by atoms with Gasteiger partial charge in [-0.3, -0.25) is 0 Å². The summed E-state index contributed by atoms with van der Waals surface area (Å²) in [5.74, 6) is 0.760. The highest BCUT2D eigenvalue weighted by Gasteiger charge is 2.04. The Morgan fingerprint density at radius 1 is 1.06 bits per heavy atom. The molecule has 5 heteroatoms. The van der Waals surface area contributed by atoms with E-state index < -0.39 is 0 Å². The maximum atomic E-state index is 5.95. The van der Waals surface area contributed by atoms with E-state index in [9.17, 15) is 0 Å². The molecule has 17 heavy (non-hydrogen) atoms. The van der Waals surface area contributed by atoms with E-state index in [-0.39, 0.29) is 0 Å². The smallest absolute Gasteiger partial charge is 0.148 e. The van der Waals surface area contributed by atoms with Crippen LogP contribution < -0.4 is 5.32 Å². The van der Waals surface area contributed by atoms with Crippen LogP contribution in [-0.4, -0.2) is 16.7 Å². The molecule has 3 nitrogen and oxygen atoms in total. The van der Waals surface area contributed by atoms with Crippen molar-refractivity contribution >= 4 is 29.0 Å². The van der Waals surface area contributed by atoms with Crippen LogP contribution in [0.2, 0.25) is 10.0 Å². The van der Waals surface area contributed by atoms with Gasteiger partial charge in [-0.15, -0.1) is 10.2 Å². The molecule has 0 aliphatic rings. The maximum absolute atomic E-state index is 5.95. The van der Waals surface area contributed by atoms with Crippen molar-refractivity contribution in [2.75, 3.05) is 11.9 Å². The van der Waals surface area contributed by atoms with E-state index in [1.165, 1.54) is 0 Å². The molecule has 0 saturated carbocycles. The molecule has 1 aromatic carbocycles. The fraction of sp³-hybridized carbons (Fsp3) is 0.167. The molecule has 0 amide bonds. The quantitative estimate of drug-likeness (QED) is 0.917. The number of aromatic nitrogens is 2. The van der Waals surface area contributed by atoms with E-state index in [0.717, 1.165) is 23.6 Å². The molecule has 2 rings (SSSR count). The molecule has 88 valence electrons. The molecule has 0 aliphatic carbocycles. The number of nitrogens with one attached hydrogen (secondary N) is 1. The van der Waals surface area contributed by atoms with Gasteiger partial charge in [0.05, 0.1) is 15.7 Å². The van der Waals surface area contributed by atoms with Gasteiger partial charge in [-0.05, 0) is 31.2 Å². The summed E-state index contributed by atoms with van der Waals surface area (Å²) in [6.07, 6.45) is 0. The van der Waals surface area contributed by atoms with Gasteiger partial charge >= 0.3 is 0 Å². The molecule has 1 N–H and O–H groups in total. The molecule has 1 aromatic heterocycles. The van der Waals surface area contributed by atoms with Crippen LogP contribution in [0.15, 0.2) is 30.3 Å². The summed E-state index contributed by atoms with van der Waals surface area (Å²) in [6, 6.07) is 9.17. The number of hydrogen-bond donors (Lipinski definition) is 1. The van der Waals surface area contributed by atoms with Crippen molar-refractivity contribution in [2.45, 2.75) is 6.92 Å². The Hall–Kier alpha value is -1.32. The predicted molar refractivity (Wildman–Crippen MR) is 71.7 cm³/mol. The number of halogens is 2. The Labute approximate surface area is 110 Å². The second-order valence-corrected chi connectivity index (χ2v) is 4.28. The summed E-state index contributed by atoms with van der Waals surface area (Å²) in [7, 11) is 0. The van der Waals surface area contributed by atoms with Crippen LogP contribution >= 0.6 is 23.2 Å². The Morgan fingerprint density at radius 3 is 2.47 bits per heavy atom. The van der Waals surface area contributed by atoms with Gasteiger partial charge in [0.25, 0.3) is 0 Å². The summed E-state index contributed by atoms with van der Waals surface area (Å²) in [4.78, 5) is 0. The van der Waals surface area contributed by atoms with E-state index in [1.807, 2.05) is 25.1 Å². The van der Waals surface area contributed by atoms with Crippen molar-refractivity contribution in [1.82, 2.24) is 10.2 Å². The van der Waals surface area contributed by atoms with Crippen molar-refractivity contribution in [2.24, 2.45) is 0 Å². The fourth-order valence-corrected chi connectivity index (χ4v) is 1.72. The third kappa shape index (κ3) is 2.87. The molecule has 0 radical (unpaired) electrons. The monoisotopic (exact) mass is 267 g/mol. The first-order valence-electron chi connectivity index (χ1n) is 5.23. The van der Waals surface area contributed by atoms with Gasteiger partial charge in [0.2, 0.25) is 0 Å². The molecular weight excluding hydrogens is 257 g/mol. The molecule has 2 aromatic rings. The lowest BCUT2D eigenvalue weighted by Crippen LogP contribution is -2.00. The second kappa shape index (κ2) is 5.34. The first-order chi connectivity index (χ1) is 8.20. The zero-order valence-electron chi connectivity index (χ0n) is 9.24. The van der Waals surface area contributed by atoms with Crippen LogP contribution in [-0.2, 0) is 0 Å². The van der Waals surface area contributed by atoms with Gasteiger partial charge in [-0.2, -0.15) is 0 Å². The molecule has 1 heterocycles. The van der Waals surface area contributed by atoms with Gasteiger partial charge < -0.3 is 5.32 Å². The van der Waals surface area contributed by atoms with Crippen molar-refractivity contribution in [3.8, 4) is 11.3 Å². The van der Waals surface area contributed by atoms with Crippen LogP contribution in [0.3, 0.4) is 0 Å². The van der Waals surface area contributed by atoms with Gasteiger partial charge in [-0.25, -0.2) is 0 Å². The van der Waals surface area contributed by atoms with Crippen LogP contribution in [0.4, 0.5) is 5.82 Å². The Kier molecular flexibility index (Phi) is 3.82. The van der Waals surface area contributed by atoms with E-state index in [0.29, 0.717) is 10.0 Å². The van der Waals surface area contributed by atoms with E-state index >= 15 is 0 Å². The lowest BCUT2D eigenvalue weighted by molar-refractivity contribution is 1.02. The standard InChI is InChI=1S/C12H11Cl2N3/c1-2-15-12-6-5-11(16-17-12)8-3-4-9(13)10(14)7-8/h3-7H,2H2,1H3,(H,15,17). The van der Waals surface area contributed by atoms with Gasteiger partial charge in [0.1, 0.15) is 5.82 Å². The molecule has 0 spiro atoms. The molecule has 0 bridgehead atoms. The van der Waals surface area contributed by atoms with Gasteiger partial charge in [-0.1, -0.05) is 29.3 Å². The van der Waals surface area contributed by atoms with Crippen LogP contribution in [0, 0.1) is 0 Å². The number of anilines is 1. The first kappa shape index (κ1) is 12.1. The normalized spacial score (nSPS) is 10.3. The van der Waals surface area contributed by atoms with Crippen LogP contribution in [0.25, 0.3) is 11.3 Å². The zero-order valence-corrected chi connectivity index (χ0v) is 10.8. The van der Waals surface area contributed by atoms with E-state index in [1.54, 1.807) is 12.1 Å². The van der Waals surface area contributed by atoms with Crippen LogP contribution in [0.5, 0.6) is 0 Å². The highest BCUT2D eigenvalue weighted by Crippen LogP contribution is 2.27. The molecule has 0 unspecified atom stereocenters. The van der Waals surface area contributed by atoms with Crippen molar-refractivity contribution < 1.29 is 0 Å². The zero-order chi connectivity index (χ0) is 12.3. The largest absolute Gasteiger partial charge is 0.369 e. The van der Waals surface area contributed by atoms with Gasteiger partial charge in [0, 0.05) is 12.1 Å². The molecular formula is C12H11Cl2N3. The average molecular weight is 268 g/mol. The highest BCUT2D eigenvalue weighted by atomic mass is 35.5. The summed E-state index contributed by atoms with van der Waals surface area (Å²) < 4.78 is 0. The number of nitrogens with zero attached hydrogens (tertiary/aromatic N) is 2. The fourth-order valence-electron chi connectivity index (χ4n) is 1.42. The summed E-state index contributed by atoms with van der Waals surface area (Å²) in [5.41, 5.74) is 1.67. The second-order valence-electron chi connectivity index (χ2n) is 3.46. The lowest BCUT2D eigenvalue weighted by atomic mass is 10.1. The van der Waals surface area contributed by atoms with Crippen molar-refractivity contribution in [3.05, 3.63) is 40.4 Å². The highest BCUT2D eigenvalue weighted by molar-refractivity contribution is 6.42. The summed E-state index contributed by atoms with van der Waals surface area (Å²) in [5, 5.41) is 12.3. The Balaban J connectivity index is 2.30. The SMILES string of the molecule is CCNc1ccc(-c2ccc(Cl)c(Cl)c2)nn1. The topological polar surface area (TPSA) is 37.8 Å². The van der Waals surface area contributed by atoms with Gasteiger partial charge in [0.15, 0.2) is 0 Å². The average Bonchev–Trinajstić information content (AvgIpc) is 2.34. The predicted octanol–water partition coefficient (Wildman–Crippen LogP) is 3.88. The maximum Gasteiger partial charge on any atom is 0.148 e. The lowest BCUT2D eigenvalue weighted by Gasteiger charge is -2.04. The third-order valence-corrected chi connectivity index (χ3v) is 2.98. The molecule has 0 fully saturated rings. The molecule has 0 aliphatic heterocycles. The van der Waals surface area contributed by atoms with Crippen molar-refractivity contribution in [3.63, 3.8) is 0 Å². The third-order valence-electron chi connectivity index (χ3n) is 2.24. The molecule has 0 saturated heterocycles. The number of benzene rings is 1. The van der Waals surface area contributed by atoms with Crippen molar-refractivity contribution in [1.29, 1.82) is 0 Å². The van der Waals surface area contributed by atoms with Crippen LogP contribution in [0.1, 0.15) is 6.92 Å². The summed E-state index contributed by atoms with van der Waals surface area (Å²) in [6.45, 7) is 2.83. The van der Waals surface area contributed by atoms with E-state index in [4.69, 9.17) is 23.2 Å². The first-order valence-corrected chi connectivity index (χ1v) is 5.99. The minimum absolute atomic E-state index is 0.515. The Bertz CT molecular complexity index is 512. The Morgan fingerprint density at radius 2 is 1.88 bits per heavy atom. The number of hydrogen-bond acceptors (Lipinski definition) is 3. The summed E-state index contributed by atoms with van der Waals surface area (Å²) >= 11 is 11.8. The minimum atomic E-state index is 0.515. The van der Waals surface area contributed by atoms with E-state index in [2.05, 4.69) is 15.5 Å². The minimum Gasteiger partial charge on any atom is -0.369 e. The number of rotatable bonds is 3. The molecule has 0 atom stereocenters.